The van der Waals surface area contributed by atoms with Crippen molar-refractivity contribution in [2.45, 2.75) is 35.2 Å². The molecule has 0 unspecified atom stereocenters. The molecular formula is C78H102N6O3S18-2. The molecule has 9 aromatic rings. The molecule has 572 valence electrons. The van der Waals surface area contributed by atoms with Crippen molar-refractivity contribution in [1.82, 2.24) is 15.1 Å². The van der Waals surface area contributed by atoms with Gasteiger partial charge in [-0.25, -0.2) is 4.79 Å². The van der Waals surface area contributed by atoms with Gasteiger partial charge in [0.25, 0.3) is 5.91 Å². The molecule has 9 nitrogen and oxygen atoms in total. The first kappa shape index (κ1) is 99.2. The molecule has 0 radical (unpaired) electrons. The number of aromatic carboxylic acids is 1. The number of rotatable bonds is 10. The molecule has 3 saturated heterocycles. The number of nitrogens with one attached hydrogen (secondary N) is 1. The van der Waals surface area contributed by atoms with Crippen molar-refractivity contribution >= 4 is 210 Å². The number of piperazine rings is 3. The number of carbonyl (C=O) groups is 2. The third-order valence-electron chi connectivity index (χ3n) is 14.3. The molecule has 3 fully saturated rings. The van der Waals surface area contributed by atoms with Gasteiger partial charge in [-0.05, 0) is 210 Å². The molecule has 0 aliphatic carbocycles. The zero-order valence-electron chi connectivity index (χ0n) is 58.9. The third-order valence-corrected chi connectivity index (χ3v) is 14.3. The topological polar surface area (TPSA) is 82.6 Å². The van der Waals surface area contributed by atoms with Crippen LogP contribution in [-0.2, 0) is 153 Å². The Hall–Kier alpha value is -3.76. The van der Waals surface area contributed by atoms with Gasteiger partial charge in [0.05, 0.1) is 5.56 Å². The highest BCUT2D eigenvalue weighted by Gasteiger charge is 2.23. The number of carbonyl (C=O) groups excluding carboxylic acids is 1. The number of anilines is 3. The Kier molecular flexibility index (Phi) is 52.6. The normalized spacial score (nSPS) is 13.0. The Morgan fingerprint density at radius 2 is 0.648 bits per heavy atom. The van der Waals surface area contributed by atoms with Crippen molar-refractivity contribution < 1.29 is 14.7 Å². The highest BCUT2D eigenvalue weighted by Crippen LogP contribution is 2.25. The first-order valence-corrected chi connectivity index (χ1v) is 54.3. The summed E-state index contributed by atoms with van der Waals surface area (Å²) in [7, 11) is -0.389. The van der Waals surface area contributed by atoms with Crippen molar-refractivity contribution in [3.8, 4) is 33.4 Å². The Labute approximate surface area is 696 Å². The van der Waals surface area contributed by atoms with E-state index >= 15 is 0 Å². The van der Waals surface area contributed by atoms with Gasteiger partial charge in [0, 0.05) is 108 Å². The molecule has 105 heavy (non-hydrogen) atoms. The largest absolute Gasteiger partial charge is 0.478 e. The summed E-state index contributed by atoms with van der Waals surface area (Å²) in [5.41, 5.74) is 13.2. The van der Waals surface area contributed by atoms with Crippen molar-refractivity contribution in [1.29, 1.82) is 0 Å². The maximum Gasteiger partial charge on any atom is 0.335 e. The van der Waals surface area contributed by atoms with Crippen LogP contribution in [0.2, 0.25) is 0 Å². The molecule has 3 aliphatic rings. The van der Waals surface area contributed by atoms with E-state index in [0.29, 0.717) is 5.56 Å². The molecule has 9 aromatic carbocycles. The summed E-state index contributed by atoms with van der Waals surface area (Å²) in [5, 5.41) is 12.2. The van der Waals surface area contributed by atoms with E-state index in [1.165, 1.54) is 33.8 Å². The first-order chi connectivity index (χ1) is 48.9. The Morgan fingerprint density at radius 1 is 0.390 bits per heavy atom. The Balaban J connectivity index is 0.000000642. The smallest absolute Gasteiger partial charge is 0.335 e. The van der Waals surface area contributed by atoms with E-state index < -0.39 is 24.5 Å². The number of carboxylic acid groups (broad SMARTS) is 1. The van der Waals surface area contributed by atoms with E-state index in [1.54, 1.807) is 37.0 Å². The molecule has 12 rings (SSSR count). The Morgan fingerprint density at radius 3 is 0.971 bits per heavy atom. The molecule has 27 heteroatoms. The molecule has 0 aromatic heterocycles. The van der Waals surface area contributed by atoms with Crippen LogP contribution in [0.3, 0.4) is 0 Å². The summed E-state index contributed by atoms with van der Waals surface area (Å²) in [4.78, 5) is 35.5. The van der Waals surface area contributed by atoms with Crippen LogP contribution < -0.4 is 20.0 Å². The fourth-order valence-electron chi connectivity index (χ4n) is 10.0. The van der Waals surface area contributed by atoms with E-state index in [-0.39, 0.29) is 36.8 Å². The van der Waals surface area contributed by atoms with Crippen molar-refractivity contribution in [3.05, 3.63) is 271 Å². The average Bonchev–Trinajstić information content (AvgIpc) is 0.825. The Bertz CT molecular complexity index is 4260. The predicted octanol–water partition coefficient (Wildman–Crippen LogP) is 17.4. The lowest BCUT2D eigenvalue weighted by Crippen LogP contribution is -2.48. The zero-order valence-corrected chi connectivity index (χ0v) is 73.8. The number of benzene rings is 9. The van der Waals surface area contributed by atoms with Crippen molar-refractivity contribution in [3.63, 3.8) is 0 Å². The summed E-state index contributed by atoms with van der Waals surface area (Å²) >= 11 is 56.9. The lowest BCUT2D eigenvalue weighted by molar-refractivity contribution is 0.0695. The minimum Gasteiger partial charge on any atom is -0.478 e. The highest BCUT2D eigenvalue weighted by atomic mass is 33.5. The summed E-state index contributed by atoms with van der Waals surface area (Å²) in [6.07, 6.45) is 5.03. The number of hydrogen-bond donors (Lipinski definition) is 5. The van der Waals surface area contributed by atoms with Gasteiger partial charge in [0.1, 0.15) is 0 Å². The molecule has 0 saturated carbocycles. The summed E-state index contributed by atoms with van der Waals surface area (Å²) in [5.74, 6) is -0.775. The number of nitrogens with zero attached hydrogens (tertiary/aromatic N) is 5. The molecule has 3 aliphatic heterocycles. The first-order valence-electron chi connectivity index (χ1n) is 32.5. The van der Waals surface area contributed by atoms with Gasteiger partial charge < -0.3 is 46.1 Å². The van der Waals surface area contributed by atoms with Crippen LogP contribution in [-0.4, -0.2) is 137 Å². The van der Waals surface area contributed by atoms with Gasteiger partial charge in [-0.15, -0.1) is 47.5 Å². The number of thiol groups is 3. The fraction of sp³-hybridized carbons (Fsp3) is 0.282. The highest BCUT2D eigenvalue weighted by molar-refractivity contribution is 8.93. The minimum atomic E-state index is -1.31. The summed E-state index contributed by atoms with van der Waals surface area (Å²) < 4.78 is 0. The number of carboxylic acids is 1. The number of hydrogen-bond acceptors (Lipinski definition) is 19. The van der Waals surface area contributed by atoms with Gasteiger partial charge in [-0.2, -0.15) is 0 Å². The predicted molar refractivity (Wildman–Crippen MR) is 514 cm³/mol. The lowest BCUT2D eigenvalue weighted by Gasteiger charge is -2.36. The molecule has 1 amide bonds. The number of para-hydroxylation sites is 3. The second-order valence-electron chi connectivity index (χ2n) is 22.6. The van der Waals surface area contributed by atoms with Crippen LogP contribution in [0, 0.1) is 0 Å². The fourth-order valence-corrected chi connectivity index (χ4v) is 10.0. The number of amides is 1. The van der Waals surface area contributed by atoms with Crippen LogP contribution in [0.4, 0.5) is 17.1 Å². The van der Waals surface area contributed by atoms with Crippen LogP contribution in [0.1, 0.15) is 55.0 Å². The van der Waals surface area contributed by atoms with Crippen molar-refractivity contribution in [2.75, 3.05) is 125 Å². The maximum atomic E-state index is 12.9. The SMILES string of the molecule is C.C.CC.CS(=S)(=S)S.CS(=S)(=S)S.CS(=S)(=S)S.C[S-](=S)=S.C[S-](=S)=S.O=C(O)c1cccc(-c2ccccc2)c1.O=C(c1cccc(-c2ccccc2)c1)N1CCN(c2ccccc2)CC1.c1ccc(-c2cccc(CN3CCN(c4ccccc4)CC3)c2)cc1.c1ccc(N2CCNCC2)cc1. The summed E-state index contributed by atoms with van der Waals surface area (Å²) in [6, 6.07) is 86.1. The van der Waals surface area contributed by atoms with Crippen molar-refractivity contribution in [2.24, 2.45) is 0 Å². The second-order valence-corrected chi connectivity index (χ2v) is 60.7. The quantitative estimate of drug-likeness (QED) is 0.0511. The molecule has 3 heterocycles. The lowest BCUT2D eigenvalue weighted by atomic mass is 10.0. The molecule has 2 N–H and O–H groups in total. The monoisotopic (exact) mass is 1750 g/mol. The molecular weight excluding hydrogens is 1650 g/mol. The van der Waals surface area contributed by atoms with E-state index in [0.717, 1.165) is 113 Å². The third kappa shape index (κ3) is 47.8. The summed E-state index contributed by atoms with van der Waals surface area (Å²) in [6.45, 7) is 17.2. The van der Waals surface area contributed by atoms with Gasteiger partial charge >= 0.3 is 5.97 Å². The molecule has 0 bridgehead atoms. The van der Waals surface area contributed by atoms with Crippen LogP contribution >= 0.6 is 35.0 Å². The van der Waals surface area contributed by atoms with E-state index in [2.05, 4.69) is 330 Å². The van der Waals surface area contributed by atoms with Gasteiger partial charge in [0.2, 0.25) is 0 Å². The maximum absolute atomic E-state index is 12.9. The van der Waals surface area contributed by atoms with E-state index in [1.807, 2.05) is 110 Å². The second kappa shape index (κ2) is 55.6. The van der Waals surface area contributed by atoms with Crippen LogP contribution in [0.5, 0.6) is 0 Å². The standard InChI is InChI=1S/C23H22N2O.C23H24N2.C13H10O2.C10H14N2.C2H6.3CH4S4.2CH3S3.2CH4/c26-23(21-11-7-10-20(18-21)19-8-3-1-4-9-19)25-16-14-24(15-17-25)22-12-5-2-6-13-22;1-3-9-21(10-4-1)22-11-7-8-20(18-22)19-24-14-16-25(17-15-24)23-12-5-2-6-13-23;14-13(15)12-8-4-7-11(9-12)10-5-2-1-3-6-10;1-2-4-10(5-3-1)12-8-6-11-7-9-12;1-2;3*1-5(2,3)4;2*1-4(2)3;;/h1-13,18H,14-17H2;1-13,18H,14-17,19H2;1-9H,(H,14,15);1-5,11H,6-9H2;1-2H3;3*1H3,(H,2,3,4);2*1H3;2*1H4/q;;;;;;;;2*-1;;. The average molecular weight is 1750 g/mol. The van der Waals surface area contributed by atoms with Crippen LogP contribution in [0.15, 0.2) is 255 Å². The van der Waals surface area contributed by atoms with Gasteiger partial charge in [-0.1, -0.05) is 217 Å². The zero-order chi connectivity index (χ0) is 76.2. The van der Waals surface area contributed by atoms with E-state index in [9.17, 15) is 9.59 Å². The minimum absolute atomic E-state index is 0. The molecule has 0 spiro atoms. The van der Waals surface area contributed by atoms with Gasteiger partial charge in [-0.3, -0.25) is 54.4 Å². The van der Waals surface area contributed by atoms with Gasteiger partial charge in [0.15, 0.2) is 0 Å². The van der Waals surface area contributed by atoms with Crippen LogP contribution in [0.25, 0.3) is 33.4 Å². The van der Waals surface area contributed by atoms with E-state index in [4.69, 9.17) is 5.11 Å². The molecule has 0 atom stereocenters.